The van der Waals surface area contributed by atoms with Gasteiger partial charge in [-0.2, -0.15) is 0 Å². The summed E-state index contributed by atoms with van der Waals surface area (Å²) >= 11 is 0. The third kappa shape index (κ3) is 6.22. The molecule has 0 N–H and O–H groups in total. The van der Waals surface area contributed by atoms with Gasteiger partial charge in [-0.1, -0.05) is 218 Å². The van der Waals surface area contributed by atoms with Gasteiger partial charge in [0.2, 0.25) is 0 Å². The zero-order chi connectivity index (χ0) is 42.6. The van der Waals surface area contributed by atoms with Crippen molar-refractivity contribution in [2.45, 2.75) is 12.3 Å². The minimum atomic E-state index is -0.345. The van der Waals surface area contributed by atoms with Gasteiger partial charge in [-0.15, -0.1) is 0 Å². The zero-order valence-corrected chi connectivity index (χ0v) is 35.7. The molecule has 1 atom stereocenters. The Hall–Kier alpha value is -8.06. The summed E-state index contributed by atoms with van der Waals surface area (Å²) in [5.74, 6) is 0. The molecule has 1 aliphatic carbocycles. The molecule has 0 radical (unpaired) electrons. The Morgan fingerprint density at radius 3 is 1.17 bits per heavy atom. The van der Waals surface area contributed by atoms with Crippen molar-refractivity contribution in [3.05, 3.63) is 265 Å². The minimum absolute atomic E-state index is 0.345. The van der Waals surface area contributed by atoms with Crippen LogP contribution in [0, 0.1) is 0 Å². The summed E-state index contributed by atoms with van der Waals surface area (Å²) in [5.41, 5.74) is 21.0. The molecule has 0 saturated heterocycles. The quantitative estimate of drug-likeness (QED) is 0.141. The van der Waals surface area contributed by atoms with Crippen molar-refractivity contribution in [2.75, 3.05) is 0 Å². The van der Waals surface area contributed by atoms with Crippen molar-refractivity contribution >= 4 is 21.5 Å². The lowest BCUT2D eigenvalue weighted by molar-refractivity contribution is 0.714. The lowest BCUT2D eigenvalue weighted by Gasteiger charge is -2.29. The van der Waals surface area contributed by atoms with Gasteiger partial charge in [-0.3, -0.25) is 0 Å². The van der Waals surface area contributed by atoms with Crippen molar-refractivity contribution < 1.29 is 0 Å². The van der Waals surface area contributed by atoms with E-state index in [0.717, 1.165) is 0 Å². The first-order valence-corrected chi connectivity index (χ1v) is 22.3. The van der Waals surface area contributed by atoms with E-state index < -0.39 is 0 Å². The highest BCUT2D eigenvalue weighted by Gasteiger charge is 2.41. The monoisotopic (exact) mass is 812 g/mol. The molecule has 0 fully saturated rings. The number of fused-ring (bicyclic) bond motifs is 5. The van der Waals surface area contributed by atoms with Gasteiger partial charge >= 0.3 is 0 Å². The van der Waals surface area contributed by atoms with Crippen molar-refractivity contribution in [3.63, 3.8) is 0 Å². The molecule has 300 valence electrons. The predicted molar refractivity (Wildman–Crippen MR) is 272 cm³/mol. The fourth-order valence-electron chi connectivity index (χ4n) is 10.6. The number of hydrogen-bond donors (Lipinski definition) is 0. The van der Waals surface area contributed by atoms with Crippen molar-refractivity contribution in [1.29, 1.82) is 0 Å². The van der Waals surface area contributed by atoms with Crippen LogP contribution in [0.5, 0.6) is 0 Å². The van der Waals surface area contributed by atoms with E-state index in [-0.39, 0.29) is 5.41 Å². The van der Waals surface area contributed by atoms with Gasteiger partial charge in [0.15, 0.2) is 0 Å². The van der Waals surface area contributed by atoms with Crippen LogP contribution in [-0.2, 0) is 5.41 Å². The molecule has 1 aliphatic rings. The maximum atomic E-state index is 2.50. The van der Waals surface area contributed by atoms with Crippen LogP contribution in [0.3, 0.4) is 0 Å². The molecule has 0 amide bonds. The molecule has 0 heteroatoms. The molecular formula is C64H44. The highest BCUT2D eigenvalue weighted by Crippen LogP contribution is 2.54. The Morgan fingerprint density at radius 2 is 0.625 bits per heavy atom. The Kier molecular flexibility index (Phi) is 9.06. The van der Waals surface area contributed by atoms with Gasteiger partial charge in [0, 0.05) is 5.41 Å². The van der Waals surface area contributed by atoms with Crippen LogP contribution in [0.25, 0.3) is 99.4 Å². The molecule has 0 heterocycles. The van der Waals surface area contributed by atoms with Crippen LogP contribution in [0.4, 0.5) is 0 Å². The Balaban J connectivity index is 1.00. The summed E-state index contributed by atoms with van der Waals surface area (Å²) in [4.78, 5) is 0. The van der Waals surface area contributed by atoms with Crippen molar-refractivity contribution in [2.24, 2.45) is 0 Å². The van der Waals surface area contributed by atoms with E-state index in [1.807, 2.05) is 0 Å². The zero-order valence-electron chi connectivity index (χ0n) is 35.7. The number of rotatable bonds is 7. The third-order valence-electron chi connectivity index (χ3n) is 13.7. The van der Waals surface area contributed by atoms with Crippen LogP contribution in [0.1, 0.15) is 23.6 Å². The van der Waals surface area contributed by atoms with Gasteiger partial charge in [0.25, 0.3) is 0 Å². The molecule has 12 rings (SSSR count). The molecule has 11 aromatic carbocycles. The summed E-state index contributed by atoms with van der Waals surface area (Å²) in [6, 6.07) is 91.8. The van der Waals surface area contributed by atoms with Crippen LogP contribution >= 0.6 is 0 Å². The van der Waals surface area contributed by atoms with Crippen LogP contribution < -0.4 is 0 Å². The average Bonchev–Trinajstić information content (AvgIpc) is 3.64. The summed E-state index contributed by atoms with van der Waals surface area (Å²) < 4.78 is 0. The first-order chi connectivity index (χ1) is 31.6. The van der Waals surface area contributed by atoms with Gasteiger partial charge < -0.3 is 0 Å². The van der Waals surface area contributed by atoms with Crippen molar-refractivity contribution in [1.82, 2.24) is 0 Å². The Labute approximate surface area is 375 Å². The molecule has 0 spiro atoms. The fourth-order valence-corrected chi connectivity index (χ4v) is 10.6. The van der Waals surface area contributed by atoms with Crippen LogP contribution in [0.2, 0.25) is 0 Å². The average molecular weight is 813 g/mol. The van der Waals surface area contributed by atoms with E-state index in [0.29, 0.717) is 0 Å². The molecule has 0 saturated carbocycles. The summed E-state index contributed by atoms with van der Waals surface area (Å²) in [7, 11) is 0. The topological polar surface area (TPSA) is 0 Å². The van der Waals surface area contributed by atoms with E-state index in [1.54, 1.807) is 0 Å². The molecule has 0 bridgehead atoms. The first-order valence-electron chi connectivity index (χ1n) is 22.3. The summed E-state index contributed by atoms with van der Waals surface area (Å²) in [5, 5.41) is 5.02. The predicted octanol–water partition coefficient (Wildman–Crippen LogP) is 17.3. The van der Waals surface area contributed by atoms with Gasteiger partial charge in [-0.25, -0.2) is 0 Å². The number of hydrogen-bond acceptors (Lipinski definition) is 0. The normalized spacial score (nSPS) is 14.1. The lowest BCUT2D eigenvalue weighted by Crippen LogP contribution is -2.22. The van der Waals surface area contributed by atoms with Gasteiger partial charge in [0.05, 0.1) is 0 Å². The molecule has 1 unspecified atom stereocenters. The van der Waals surface area contributed by atoms with E-state index >= 15 is 0 Å². The molecule has 0 nitrogen and oxygen atoms in total. The van der Waals surface area contributed by atoms with E-state index in [9.17, 15) is 0 Å². The molecule has 11 aromatic rings. The molecular weight excluding hydrogens is 769 g/mol. The van der Waals surface area contributed by atoms with Gasteiger partial charge in [0.1, 0.15) is 0 Å². The molecule has 0 aromatic heterocycles. The smallest absolute Gasteiger partial charge is 0.0435 e. The first kappa shape index (κ1) is 37.7. The lowest BCUT2D eigenvalue weighted by atomic mass is 9.73. The summed E-state index contributed by atoms with van der Waals surface area (Å²) in [6.45, 7) is 2.43. The van der Waals surface area contributed by atoms with E-state index in [4.69, 9.17) is 0 Å². The highest BCUT2D eigenvalue weighted by atomic mass is 14.4. The molecule has 64 heavy (non-hydrogen) atoms. The second kappa shape index (κ2) is 15.4. The molecule has 0 aliphatic heterocycles. The highest BCUT2D eigenvalue weighted by molar-refractivity contribution is 6.21. The maximum absolute atomic E-state index is 2.50. The van der Waals surface area contributed by atoms with Gasteiger partial charge in [-0.05, 0) is 153 Å². The number of benzene rings is 11. The second-order valence-electron chi connectivity index (χ2n) is 17.3. The summed E-state index contributed by atoms with van der Waals surface area (Å²) in [6.07, 6.45) is 0. The third-order valence-corrected chi connectivity index (χ3v) is 13.7. The Bertz CT molecular complexity index is 3410. The minimum Gasteiger partial charge on any atom is -0.0622 e. The van der Waals surface area contributed by atoms with Crippen LogP contribution in [-0.4, -0.2) is 0 Å². The Morgan fingerprint density at radius 1 is 0.234 bits per heavy atom. The van der Waals surface area contributed by atoms with Crippen LogP contribution in [0.15, 0.2) is 249 Å². The second-order valence-corrected chi connectivity index (χ2v) is 17.3. The standard InChI is InChI=1S/C64H44/c1-64(53-25-17-24-48(41-53)43-18-5-2-6-19-43)60-31-16-15-26-54(60)55-37-36-49(42-61(55)64)63-58-29-13-11-27-56(58)62(57-28-12-14-30-59(57)63)47-34-32-46(33-35-47)52-39-50(44-20-7-3-8-21-44)38-51(40-52)45-22-9-4-10-23-45/h2-42H,1H3. The SMILES string of the molecule is CC1(c2cccc(-c3ccccc3)c2)c2ccccc2-c2ccc(-c3c4ccccc4c(-c4ccc(-c5cc(-c6ccccc6)cc(-c6ccccc6)c5)cc4)c4ccccc34)cc21. The largest absolute Gasteiger partial charge is 0.0622 e. The maximum Gasteiger partial charge on any atom is 0.0435 e. The van der Waals surface area contributed by atoms with E-state index in [1.165, 1.54) is 116 Å². The van der Waals surface area contributed by atoms with E-state index in [2.05, 4.69) is 256 Å². The van der Waals surface area contributed by atoms with Crippen molar-refractivity contribution in [3.8, 4) is 77.9 Å². The fraction of sp³-hybridized carbons (Fsp3) is 0.0312.